The van der Waals surface area contributed by atoms with Crippen LogP contribution in [0.15, 0.2) is 0 Å². The van der Waals surface area contributed by atoms with Crippen molar-refractivity contribution in [3.05, 3.63) is 0 Å². The number of likely N-dealkylation sites (N-methyl/N-ethyl adjacent to an activating group) is 1. The fraction of sp³-hybridized carbons (Fsp3) is 1.00. The standard InChI is InChI=1S/C17H35N3/c1-3-12-20-13-10-17(15-18,11-14-20)19(2)16-8-6-4-5-7-9-16/h16H,3-15,18H2,1-2H3. The lowest BCUT2D eigenvalue weighted by Gasteiger charge is -2.50. The van der Waals surface area contributed by atoms with Gasteiger partial charge in [-0.2, -0.15) is 0 Å². The maximum Gasteiger partial charge on any atom is 0.0355 e. The molecule has 0 radical (unpaired) electrons. The predicted octanol–water partition coefficient (Wildman–Crippen LogP) is 2.84. The highest BCUT2D eigenvalue weighted by molar-refractivity contribution is 4.97. The Morgan fingerprint density at radius 2 is 1.70 bits per heavy atom. The van der Waals surface area contributed by atoms with Crippen LogP contribution in [0.5, 0.6) is 0 Å². The molecule has 20 heavy (non-hydrogen) atoms. The van der Waals surface area contributed by atoms with E-state index in [2.05, 4.69) is 23.8 Å². The van der Waals surface area contributed by atoms with Gasteiger partial charge in [-0.1, -0.05) is 32.6 Å². The van der Waals surface area contributed by atoms with Gasteiger partial charge in [-0.25, -0.2) is 0 Å². The average Bonchev–Trinajstić information content (AvgIpc) is 2.77. The van der Waals surface area contributed by atoms with E-state index in [1.54, 1.807) is 0 Å². The third-order valence-corrected chi connectivity index (χ3v) is 5.83. The minimum absolute atomic E-state index is 0.277. The zero-order valence-corrected chi connectivity index (χ0v) is 13.7. The van der Waals surface area contributed by atoms with Crippen LogP contribution >= 0.6 is 0 Å². The third kappa shape index (κ3) is 3.75. The molecule has 3 nitrogen and oxygen atoms in total. The Hall–Kier alpha value is -0.120. The Balaban J connectivity index is 1.95. The van der Waals surface area contributed by atoms with Gasteiger partial charge in [0.05, 0.1) is 0 Å². The van der Waals surface area contributed by atoms with Crippen LogP contribution in [0.1, 0.15) is 64.7 Å². The lowest BCUT2D eigenvalue weighted by atomic mass is 9.84. The molecule has 1 saturated heterocycles. The van der Waals surface area contributed by atoms with Gasteiger partial charge >= 0.3 is 0 Å². The van der Waals surface area contributed by atoms with Gasteiger partial charge in [-0.3, -0.25) is 4.90 Å². The summed E-state index contributed by atoms with van der Waals surface area (Å²) in [5, 5.41) is 0. The number of rotatable bonds is 5. The van der Waals surface area contributed by atoms with E-state index < -0.39 is 0 Å². The minimum Gasteiger partial charge on any atom is -0.329 e. The molecule has 1 saturated carbocycles. The molecule has 2 fully saturated rings. The molecule has 1 heterocycles. The second-order valence-corrected chi connectivity index (χ2v) is 7.03. The lowest BCUT2D eigenvalue weighted by Crippen LogP contribution is -2.60. The van der Waals surface area contributed by atoms with Crippen molar-refractivity contribution in [3.63, 3.8) is 0 Å². The van der Waals surface area contributed by atoms with E-state index in [0.717, 1.165) is 12.6 Å². The van der Waals surface area contributed by atoms with Crippen molar-refractivity contribution in [1.29, 1.82) is 0 Å². The zero-order valence-electron chi connectivity index (χ0n) is 13.7. The van der Waals surface area contributed by atoms with Gasteiger partial charge in [0.15, 0.2) is 0 Å². The van der Waals surface area contributed by atoms with E-state index in [9.17, 15) is 0 Å². The van der Waals surface area contributed by atoms with Crippen molar-refractivity contribution in [3.8, 4) is 0 Å². The van der Waals surface area contributed by atoms with Crippen LogP contribution in [-0.4, -0.2) is 54.6 Å². The molecule has 0 aromatic carbocycles. The van der Waals surface area contributed by atoms with Crippen LogP contribution in [0.25, 0.3) is 0 Å². The molecular weight excluding hydrogens is 246 g/mol. The second kappa shape index (κ2) is 7.77. The number of piperidine rings is 1. The van der Waals surface area contributed by atoms with Crippen molar-refractivity contribution in [2.24, 2.45) is 5.73 Å². The Morgan fingerprint density at radius 3 is 2.20 bits per heavy atom. The van der Waals surface area contributed by atoms with Crippen LogP contribution in [0.2, 0.25) is 0 Å². The molecule has 0 bridgehead atoms. The number of hydrogen-bond acceptors (Lipinski definition) is 3. The maximum atomic E-state index is 6.24. The second-order valence-electron chi connectivity index (χ2n) is 7.03. The maximum absolute atomic E-state index is 6.24. The molecule has 0 amide bonds. The van der Waals surface area contributed by atoms with E-state index in [1.165, 1.54) is 77.4 Å². The van der Waals surface area contributed by atoms with Gasteiger partial charge in [0.2, 0.25) is 0 Å². The largest absolute Gasteiger partial charge is 0.329 e. The summed E-state index contributed by atoms with van der Waals surface area (Å²) < 4.78 is 0. The van der Waals surface area contributed by atoms with Gasteiger partial charge in [-0.15, -0.1) is 0 Å². The van der Waals surface area contributed by atoms with Gasteiger partial charge in [0.1, 0.15) is 0 Å². The summed E-state index contributed by atoms with van der Waals surface area (Å²) >= 11 is 0. The quantitative estimate of drug-likeness (QED) is 0.787. The molecular formula is C17H35N3. The first-order valence-electron chi connectivity index (χ1n) is 8.87. The molecule has 2 aliphatic rings. The van der Waals surface area contributed by atoms with Gasteiger partial charge in [0, 0.05) is 18.1 Å². The Labute approximate surface area is 125 Å². The van der Waals surface area contributed by atoms with Crippen molar-refractivity contribution < 1.29 is 0 Å². The van der Waals surface area contributed by atoms with Gasteiger partial charge in [0.25, 0.3) is 0 Å². The first kappa shape index (κ1) is 16.3. The fourth-order valence-electron chi connectivity index (χ4n) is 4.24. The summed E-state index contributed by atoms with van der Waals surface area (Å²) in [4.78, 5) is 5.32. The Bertz CT molecular complexity index is 263. The molecule has 118 valence electrons. The molecule has 0 unspecified atom stereocenters. The highest BCUT2D eigenvalue weighted by atomic mass is 15.2. The molecule has 3 heteroatoms. The summed E-state index contributed by atoms with van der Waals surface area (Å²) in [5.74, 6) is 0. The minimum atomic E-state index is 0.277. The monoisotopic (exact) mass is 281 g/mol. The van der Waals surface area contributed by atoms with Crippen LogP contribution in [0, 0.1) is 0 Å². The van der Waals surface area contributed by atoms with Crippen molar-refractivity contribution >= 4 is 0 Å². The highest BCUT2D eigenvalue weighted by Gasteiger charge is 2.39. The van der Waals surface area contributed by atoms with Crippen LogP contribution in [0.4, 0.5) is 0 Å². The third-order valence-electron chi connectivity index (χ3n) is 5.83. The highest BCUT2D eigenvalue weighted by Crippen LogP contribution is 2.32. The molecule has 0 atom stereocenters. The van der Waals surface area contributed by atoms with E-state index >= 15 is 0 Å². The first-order chi connectivity index (χ1) is 9.72. The first-order valence-corrected chi connectivity index (χ1v) is 8.87. The smallest absolute Gasteiger partial charge is 0.0355 e. The molecule has 0 spiro atoms. The SMILES string of the molecule is CCCN1CCC(CN)(N(C)C2CCCCCC2)CC1. The summed E-state index contributed by atoms with van der Waals surface area (Å²) in [6, 6.07) is 0.777. The lowest BCUT2D eigenvalue weighted by molar-refractivity contribution is 0.0120. The number of nitrogens with two attached hydrogens (primary N) is 1. The molecule has 0 aromatic heterocycles. The molecule has 0 aromatic rings. The zero-order chi connectivity index (χ0) is 14.4. The average molecular weight is 281 g/mol. The van der Waals surface area contributed by atoms with E-state index in [-0.39, 0.29) is 5.54 Å². The van der Waals surface area contributed by atoms with Crippen LogP contribution in [0.3, 0.4) is 0 Å². The van der Waals surface area contributed by atoms with Crippen molar-refractivity contribution in [2.75, 3.05) is 33.2 Å². The summed E-state index contributed by atoms with van der Waals surface area (Å²) in [5.41, 5.74) is 6.52. The molecule has 1 aliphatic heterocycles. The topological polar surface area (TPSA) is 32.5 Å². The Morgan fingerprint density at radius 1 is 1.10 bits per heavy atom. The summed E-state index contributed by atoms with van der Waals surface area (Å²) in [6.45, 7) is 6.85. The van der Waals surface area contributed by atoms with Gasteiger partial charge < -0.3 is 10.6 Å². The normalized spacial score (nSPS) is 25.8. The Kier molecular flexibility index (Phi) is 6.31. The fourth-order valence-corrected chi connectivity index (χ4v) is 4.24. The van der Waals surface area contributed by atoms with E-state index in [1.807, 2.05) is 0 Å². The van der Waals surface area contributed by atoms with Crippen LogP contribution < -0.4 is 5.73 Å². The van der Waals surface area contributed by atoms with Crippen molar-refractivity contribution in [2.45, 2.75) is 76.3 Å². The van der Waals surface area contributed by atoms with E-state index in [4.69, 9.17) is 5.73 Å². The molecule has 2 N–H and O–H groups in total. The summed E-state index contributed by atoms with van der Waals surface area (Å²) in [7, 11) is 2.36. The van der Waals surface area contributed by atoms with Crippen LogP contribution in [-0.2, 0) is 0 Å². The molecule has 1 aliphatic carbocycles. The van der Waals surface area contributed by atoms with Crippen molar-refractivity contribution in [1.82, 2.24) is 9.80 Å². The van der Waals surface area contributed by atoms with Gasteiger partial charge in [-0.05, 0) is 58.8 Å². The number of nitrogens with zero attached hydrogens (tertiary/aromatic N) is 2. The number of likely N-dealkylation sites (tertiary alicyclic amines) is 1. The van der Waals surface area contributed by atoms with E-state index in [0.29, 0.717) is 0 Å². The molecule has 2 rings (SSSR count). The number of hydrogen-bond donors (Lipinski definition) is 1. The predicted molar refractivity (Wildman–Crippen MR) is 87.0 cm³/mol. The summed E-state index contributed by atoms with van der Waals surface area (Å²) in [6.07, 6.45) is 12.3.